The smallest absolute Gasteiger partial charge is 0.352 e. The molecule has 10 heteroatoms. The average molecular weight is 385 g/mol. The minimum atomic E-state index is -5.01. The first-order valence-electron chi connectivity index (χ1n) is 8.32. The van der Waals surface area contributed by atoms with Crippen LogP contribution in [0.2, 0.25) is 0 Å². The number of hydrogen-bond acceptors (Lipinski definition) is 4. The third-order valence-electron chi connectivity index (χ3n) is 4.84. The summed E-state index contributed by atoms with van der Waals surface area (Å²) >= 11 is 0. The second-order valence-corrected chi connectivity index (χ2v) is 6.74. The maximum Gasteiger partial charge on any atom is 0.419 e. The van der Waals surface area contributed by atoms with Gasteiger partial charge in [-0.1, -0.05) is 0 Å². The van der Waals surface area contributed by atoms with Crippen LogP contribution in [-0.4, -0.2) is 52.9 Å². The fourth-order valence-corrected chi connectivity index (χ4v) is 3.39. The second kappa shape index (κ2) is 6.01. The van der Waals surface area contributed by atoms with Gasteiger partial charge in [-0.2, -0.15) is 18.3 Å². The van der Waals surface area contributed by atoms with Crippen LogP contribution in [0.5, 0.6) is 0 Å². The number of alkyl halides is 3. The summed E-state index contributed by atoms with van der Waals surface area (Å²) in [5.41, 5.74) is -1.70. The molecule has 0 saturated carbocycles. The van der Waals surface area contributed by atoms with Crippen molar-refractivity contribution in [3.8, 4) is 0 Å². The Morgan fingerprint density at radius 3 is 2.22 bits per heavy atom. The number of hydrogen-bond donors (Lipinski definition) is 0. The van der Waals surface area contributed by atoms with Crippen molar-refractivity contribution in [1.29, 1.82) is 0 Å². The van der Waals surface area contributed by atoms with E-state index in [-0.39, 0.29) is 5.39 Å². The summed E-state index contributed by atoms with van der Waals surface area (Å²) in [7, 11) is 3.58. The van der Waals surface area contributed by atoms with Gasteiger partial charge >= 0.3 is 6.18 Å². The molecule has 0 amide bonds. The molecule has 0 spiro atoms. The van der Waals surface area contributed by atoms with Crippen molar-refractivity contribution < 1.29 is 22.0 Å². The third-order valence-corrected chi connectivity index (χ3v) is 4.84. The van der Waals surface area contributed by atoms with Gasteiger partial charge in [0.15, 0.2) is 17.5 Å². The molecule has 0 aliphatic carbocycles. The molecule has 4 rings (SSSR count). The van der Waals surface area contributed by atoms with Crippen LogP contribution in [0.1, 0.15) is 5.56 Å². The molecule has 2 aromatic heterocycles. The maximum atomic E-state index is 14.5. The van der Waals surface area contributed by atoms with Crippen LogP contribution in [-0.2, 0) is 13.2 Å². The largest absolute Gasteiger partial charge is 0.419 e. The van der Waals surface area contributed by atoms with E-state index in [9.17, 15) is 22.0 Å². The summed E-state index contributed by atoms with van der Waals surface area (Å²) in [6.07, 6.45) is -3.51. The van der Waals surface area contributed by atoms with Crippen LogP contribution in [0.15, 0.2) is 12.3 Å². The Morgan fingerprint density at radius 2 is 1.59 bits per heavy atom. The lowest BCUT2D eigenvalue weighted by Crippen LogP contribution is -2.45. The van der Waals surface area contributed by atoms with Gasteiger partial charge in [-0.05, 0) is 13.1 Å². The quantitative estimate of drug-likeness (QED) is 0.603. The first-order chi connectivity index (χ1) is 12.7. The molecule has 3 aromatic rings. The SMILES string of the molecule is CN1CCN(c2nc3c(F)c(F)c(C(F)(F)F)cc3c3cn(C)nc23)CC1. The highest BCUT2D eigenvalue weighted by molar-refractivity contribution is 6.09. The standard InChI is InChI=1S/C17H16F5N5/c1-25-3-5-27(6-4-25)16-15-10(8-26(2)24-15)9-7-11(17(20,21)22)12(18)13(19)14(9)23-16/h7-8H,3-6H2,1-2H3. The number of nitrogens with zero attached hydrogens (tertiary/aromatic N) is 5. The molecule has 1 fully saturated rings. The highest BCUT2D eigenvalue weighted by Gasteiger charge is 2.37. The van der Waals surface area contributed by atoms with Gasteiger partial charge in [0.25, 0.3) is 0 Å². The molecule has 1 aromatic carbocycles. The number of aromatic nitrogens is 3. The summed E-state index contributed by atoms with van der Waals surface area (Å²) in [5, 5.41) is 4.50. The van der Waals surface area contributed by atoms with E-state index in [2.05, 4.69) is 15.0 Å². The number of halogens is 5. The van der Waals surface area contributed by atoms with Crippen LogP contribution in [0.3, 0.4) is 0 Å². The van der Waals surface area contributed by atoms with E-state index in [1.165, 1.54) is 10.9 Å². The van der Waals surface area contributed by atoms with Gasteiger partial charge in [-0.15, -0.1) is 0 Å². The Hall–Kier alpha value is -2.49. The predicted molar refractivity (Wildman–Crippen MR) is 90.6 cm³/mol. The van der Waals surface area contributed by atoms with E-state index >= 15 is 0 Å². The normalized spacial score (nSPS) is 16.6. The summed E-state index contributed by atoms with van der Waals surface area (Å²) in [6.45, 7) is 2.70. The Balaban J connectivity index is 2.02. The molecule has 0 N–H and O–H groups in total. The van der Waals surface area contributed by atoms with Crippen molar-refractivity contribution in [3.05, 3.63) is 29.5 Å². The lowest BCUT2D eigenvalue weighted by atomic mass is 10.1. The van der Waals surface area contributed by atoms with Crippen LogP contribution in [0, 0.1) is 11.6 Å². The van der Waals surface area contributed by atoms with Gasteiger partial charge in [0.1, 0.15) is 11.0 Å². The molecule has 0 bridgehead atoms. The molecule has 3 heterocycles. The molecule has 0 atom stereocenters. The molecule has 27 heavy (non-hydrogen) atoms. The Bertz CT molecular complexity index is 1030. The number of likely N-dealkylation sites (N-methyl/N-ethyl adjacent to an activating group) is 1. The number of pyridine rings is 1. The van der Waals surface area contributed by atoms with Crippen molar-refractivity contribution in [1.82, 2.24) is 19.7 Å². The first kappa shape index (κ1) is 17.9. The molecular weight excluding hydrogens is 369 g/mol. The highest BCUT2D eigenvalue weighted by Crippen LogP contribution is 2.39. The number of benzene rings is 1. The van der Waals surface area contributed by atoms with Gasteiger partial charge < -0.3 is 9.80 Å². The Kier molecular flexibility index (Phi) is 3.99. The van der Waals surface area contributed by atoms with E-state index in [4.69, 9.17) is 0 Å². The minimum Gasteiger partial charge on any atom is -0.352 e. The molecule has 0 unspecified atom stereocenters. The molecule has 1 saturated heterocycles. The van der Waals surface area contributed by atoms with Gasteiger partial charge in [-0.3, -0.25) is 4.68 Å². The van der Waals surface area contributed by atoms with Gasteiger partial charge in [0.05, 0.1) is 5.56 Å². The van der Waals surface area contributed by atoms with Crippen LogP contribution < -0.4 is 4.90 Å². The maximum absolute atomic E-state index is 14.5. The lowest BCUT2D eigenvalue weighted by Gasteiger charge is -2.33. The lowest BCUT2D eigenvalue weighted by molar-refractivity contribution is -0.140. The number of aryl methyl sites for hydroxylation is 1. The van der Waals surface area contributed by atoms with Crippen molar-refractivity contribution in [2.45, 2.75) is 6.18 Å². The number of anilines is 1. The van der Waals surface area contributed by atoms with Crippen molar-refractivity contribution in [3.63, 3.8) is 0 Å². The molecule has 1 aliphatic rings. The number of fused-ring (bicyclic) bond motifs is 3. The number of rotatable bonds is 1. The Labute approximate surface area is 151 Å². The molecule has 0 radical (unpaired) electrons. The summed E-state index contributed by atoms with van der Waals surface area (Å²) in [5.74, 6) is -3.18. The zero-order valence-corrected chi connectivity index (χ0v) is 14.6. The second-order valence-electron chi connectivity index (χ2n) is 6.74. The monoisotopic (exact) mass is 385 g/mol. The van der Waals surface area contributed by atoms with Gasteiger partial charge in [0.2, 0.25) is 0 Å². The number of piperazine rings is 1. The zero-order chi connectivity index (χ0) is 19.5. The van der Waals surface area contributed by atoms with E-state index in [0.29, 0.717) is 35.9 Å². The molecule has 144 valence electrons. The summed E-state index contributed by atoms with van der Waals surface area (Å²) in [4.78, 5) is 8.20. The predicted octanol–water partition coefficient (Wildman–Crippen LogP) is 3.17. The average Bonchev–Trinajstić information content (AvgIpc) is 2.98. The van der Waals surface area contributed by atoms with E-state index < -0.39 is 28.9 Å². The van der Waals surface area contributed by atoms with E-state index in [0.717, 1.165) is 13.1 Å². The zero-order valence-electron chi connectivity index (χ0n) is 14.6. The fourth-order valence-electron chi connectivity index (χ4n) is 3.39. The van der Waals surface area contributed by atoms with E-state index in [1.54, 1.807) is 7.05 Å². The highest BCUT2D eigenvalue weighted by atomic mass is 19.4. The Morgan fingerprint density at radius 1 is 0.926 bits per heavy atom. The van der Waals surface area contributed by atoms with Gasteiger partial charge in [-0.25, -0.2) is 13.8 Å². The van der Waals surface area contributed by atoms with E-state index in [1.807, 2.05) is 11.9 Å². The van der Waals surface area contributed by atoms with Crippen molar-refractivity contribution in [2.75, 3.05) is 38.1 Å². The summed E-state index contributed by atoms with van der Waals surface area (Å²) in [6, 6.07) is 0.610. The fraction of sp³-hybridized carbons (Fsp3) is 0.412. The first-order valence-corrected chi connectivity index (χ1v) is 8.32. The molecule has 1 aliphatic heterocycles. The van der Waals surface area contributed by atoms with Crippen molar-refractivity contribution >= 4 is 27.6 Å². The van der Waals surface area contributed by atoms with Gasteiger partial charge in [0, 0.05) is 50.2 Å². The summed E-state index contributed by atoms with van der Waals surface area (Å²) < 4.78 is 69.4. The third kappa shape index (κ3) is 2.88. The minimum absolute atomic E-state index is 0.109. The van der Waals surface area contributed by atoms with Crippen LogP contribution >= 0.6 is 0 Å². The molecule has 5 nitrogen and oxygen atoms in total. The van der Waals surface area contributed by atoms with Crippen LogP contribution in [0.4, 0.5) is 27.8 Å². The topological polar surface area (TPSA) is 37.2 Å². The molecular formula is C17H16F5N5. The van der Waals surface area contributed by atoms with Crippen molar-refractivity contribution in [2.24, 2.45) is 7.05 Å². The van der Waals surface area contributed by atoms with Crippen LogP contribution in [0.25, 0.3) is 21.8 Å².